The van der Waals surface area contributed by atoms with Gasteiger partial charge in [-0.1, -0.05) is 43.0 Å². The quantitative estimate of drug-likeness (QED) is 0.340. The topological polar surface area (TPSA) is 65.2 Å². The van der Waals surface area contributed by atoms with Gasteiger partial charge in [0.25, 0.3) is 0 Å². The number of thiophene rings is 1. The summed E-state index contributed by atoms with van der Waals surface area (Å²) in [6, 6.07) is 7.88. The average molecular weight is 441 g/mol. The summed E-state index contributed by atoms with van der Waals surface area (Å²) in [5, 5.41) is 4.45. The van der Waals surface area contributed by atoms with Crippen molar-refractivity contribution in [2.45, 2.75) is 50.7 Å². The van der Waals surface area contributed by atoms with E-state index in [9.17, 15) is 9.59 Å². The normalized spacial score (nSPS) is 13.2. The Morgan fingerprint density at radius 1 is 1.30 bits per heavy atom. The molecule has 1 aliphatic rings. The van der Waals surface area contributed by atoms with Crippen LogP contribution in [0.1, 0.15) is 35.8 Å². The fourth-order valence-corrected chi connectivity index (χ4v) is 6.01. The first kappa shape index (κ1) is 20.9. The number of allylic oxidation sites excluding steroid dienone is 1. The largest absolute Gasteiger partial charge is 0.347 e. The number of aryl methyl sites for hydroxylation is 3. The van der Waals surface area contributed by atoms with Gasteiger partial charge in [0, 0.05) is 10.6 Å². The number of fused-ring (bicyclic) bond motifs is 3. The number of anilines is 1. The molecule has 0 saturated heterocycles. The highest BCUT2D eigenvalue weighted by Crippen LogP contribution is 2.33. The molecule has 0 atom stereocenters. The number of aromatic nitrogens is 2. The zero-order valence-corrected chi connectivity index (χ0v) is 18.8. The Hall–Kier alpha value is -2.38. The lowest BCUT2D eigenvalue weighted by atomic mass is 9.97. The monoisotopic (exact) mass is 440 g/mol. The standard InChI is InChI=1S/C23H25N3O2S2/c1-3-13-26-22(28)20-17-7-5-6-8-18(17)30-21(20)25-23(26)29-14-19(27)24-16-11-9-15(4-2)10-12-16/h3,9-12H,1,4-8,13-14H2,2H3,(H,24,27)/p+1. The van der Waals surface area contributed by atoms with Crippen LogP contribution < -0.4 is 15.9 Å². The zero-order chi connectivity index (χ0) is 21.1. The smallest absolute Gasteiger partial charge is 0.325 e. The Kier molecular flexibility index (Phi) is 6.39. The molecule has 1 aromatic carbocycles. The molecule has 0 bridgehead atoms. The summed E-state index contributed by atoms with van der Waals surface area (Å²) in [5.41, 5.74) is 3.25. The number of carbonyl (C=O) groups excluding carboxylic acids is 1. The van der Waals surface area contributed by atoms with Gasteiger partial charge in [-0.25, -0.2) is 9.78 Å². The summed E-state index contributed by atoms with van der Waals surface area (Å²) >= 11 is 3.04. The molecule has 2 aromatic heterocycles. The average Bonchev–Trinajstić information content (AvgIpc) is 3.13. The number of rotatable bonds is 7. The highest BCUT2D eigenvalue weighted by molar-refractivity contribution is 7.99. The van der Waals surface area contributed by atoms with Gasteiger partial charge in [0.1, 0.15) is 11.9 Å². The van der Waals surface area contributed by atoms with E-state index in [1.807, 2.05) is 24.3 Å². The van der Waals surface area contributed by atoms with E-state index in [1.165, 1.54) is 34.2 Å². The minimum absolute atomic E-state index is 0.0149. The molecule has 0 radical (unpaired) electrons. The number of nitrogens with zero attached hydrogens (tertiary/aromatic N) is 1. The van der Waals surface area contributed by atoms with Crippen LogP contribution in [0.4, 0.5) is 5.69 Å². The van der Waals surface area contributed by atoms with Crippen molar-refractivity contribution in [3.05, 3.63) is 63.3 Å². The molecule has 1 amide bonds. The summed E-state index contributed by atoms with van der Waals surface area (Å²) in [7, 11) is 0. The zero-order valence-electron chi connectivity index (χ0n) is 17.1. The van der Waals surface area contributed by atoms with Crippen molar-refractivity contribution < 1.29 is 9.78 Å². The third-order valence-corrected chi connectivity index (χ3v) is 7.60. The third kappa shape index (κ3) is 4.23. The van der Waals surface area contributed by atoms with Crippen LogP contribution in [-0.4, -0.2) is 16.2 Å². The van der Waals surface area contributed by atoms with E-state index in [0.29, 0.717) is 11.7 Å². The minimum atomic E-state index is -0.0965. The van der Waals surface area contributed by atoms with E-state index in [-0.39, 0.29) is 17.2 Å². The van der Waals surface area contributed by atoms with Crippen molar-refractivity contribution in [2.24, 2.45) is 0 Å². The van der Waals surface area contributed by atoms with Crippen molar-refractivity contribution in [1.82, 2.24) is 4.57 Å². The molecular formula is C23H26N3O2S2+. The molecule has 156 valence electrons. The number of thioether (sulfide) groups is 1. The maximum absolute atomic E-state index is 13.3. The Morgan fingerprint density at radius 2 is 2.07 bits per heavy atom. The molecule has 0 unspecified atom stereocenters. The highest BCUT2D eigenvalue weighted by atomic mass is 32.2. The predicted octanol–water partition coefficient (Wildman–Crippen LogP) is 4.24. The van der Waals surface area contributed by atoms with Gasteiger partial charge in [-0.3, -0.25) is 4.79 Å². The van der Waals surface area contributed by atoms with Gasteiger partial charge in [0.2, 0.25) is 5.91 Å². The molecule has 0 aliphatic heterocycles. The molecule has 30 heavy (non-hydrogen) atoms. The molecule has 3 aromatic rings. The van der Waals surface area contributed by atoms with Crippen LogP contribution in [0.2, 0.25) is 0 Å². The minimum Gasteiger partial charge on any atom is -0.325 e. The number of hydrogen-bond acceptors (Lipinski definition) is 4. The Balaban J connectivity index is 1.56. The lowest BCUT2D eigenvalue weighted by Gasteiger charge is -2.09. The van der Waals surface area contributed by atoms with Crippen LogP contribution in [0.5, 0.6) is 0 Å². The van der Waals surface area contributed by atoms with Gasteiger partial charge in [-0.2, -0.15) is 4.57 Å². The summed E-state index contributed by atoms with van der Waals surface area (Å²) in [6.07, 6.45) is 7.02. The second kappa shape index (κ2) is 9.18. The van der Waals surface area contributed by atoms with E-state index >= 15 is 0 Å². The molecule has 5 nitrogen and oxygen atoms in total. The fraction of sp³-hybridized carbons (Fsp3) is 0.348. The van der Waals surface area contributed by atoms with Gasteiger partial charge in [-0.15, -0.1) is 0 Å². The predicted molar refractivity (Wildman–Crippen MR) is 125 cm³/mol. The summed E-state index contributed by atoms with van der Waals surface area (Å²) in [5.74, 6) is 0.125. The van der Waals surface area contributed by atoms with E-state index in [2.05, 4.69) is 23.8 Å². The van der Waals surface area contributed by atoms with Crippen molar-refractivity contribution in [1.29, 1.82) is 0 Å². The van der Waals surface area contributed by atoms with E-state index in [4.69, 9.17) is 0 Å². The molecule has 2 heterocycles. The third-order valence-electron chi connectivity index (χ3n) is 5.39. The molecule has 7 heteroatoms. The number of aromatic amines is 1. The first-order chi connectivity index (χ1) is 14.6. The van der Waals surface area contributed by atoms with E-state index < -0.39 is 0 Å². The molecule has 0 saturated carbocycles. The first-order valence-corrected chi connectivity index (χ1v) is 12.1. The van der Waals surface area contributed by atoms with Gasteiger partial charge < -0.3 is 5.32 Å². The number of amides is 1. The number of nitrogens with one attached hydrogen (secondary N) is 2. The van der Waals surface area contributed by atoms with Crippen LogP contribution >= 0.6 is 23.1 Å². The van der Waals surface area contributed by atoms with Gasteiger partial charge in [-0.05, 0) is 67.1 Å². The van der Waals surface area contributed by atoms with Crippen LogP contribution in [0, 0.1) is 0 Å². The lowest BCUT2D eigenvalue weighted by Crippen LogP contribution is -2.30. The van der Waals surface area contributed by atoms with Crippen LogP contribution in [-0.2, 0) is 30.6 Å². The SMILES string of the molecule is C=CCn1c(SCC(=O)Nc2ccc(CC)cc2)[nH+]c2sc3c(c2c1=O)CCCC3. The van der Waals surface area contributed by atoms with Crippen molar-refractivity contribution in [2.75, 3.05) is 11.1 Å². The second-order valence-corrected chi connectivity index (χ2v) is 9.51. The Morgan fingerprint density at radius 3 is 2.80 bits per heavy atom. The summed E-state index contributed by atoms with van der Waals surface area (Å²) in [4.78, 5) is 31.4. The molecule has 2 N–H and O–H groups in total. The van der Waals surface area contributed by atoms with E-state index in [1.54, 1.807) is 22.0 Å². The highest BCUT2D eigenvalue weighted by Gasteiger charge is 2.26. The van der Waals surface area contributed by atoms with Crippen molar-refractivity contribution in [3.8, 4) is 0 Å². The second-order valence-electron chi connectivity index (χ2n) is 7.44. The molecule has 0 fully saturated rings. The Labute approximate surface area is 184 Å². The van der Waals surface area contributed by atoms with Crippen LogP contribution in [0.15, 0.2) is 46.9 Å². The summed E-state index contributed by atoms with van der Waals surface area (Å²) in [6.45, 7) is 6.32. The van der Waals surface area contributed by atoms with Gasteiger partial charge in [0.15, 0.2) is 4.83 Å². The molecule has 4 rings (SSSR count). The van der Waals surface area contributed by atoms with Crippen LogP contribution in [0.25, 0.3) is 10.2 Å². The number of H-pyrrole nitrogens is 1. The van der Waals surface area contributed by atoms with Crippen molar-refractivity contribution >= 4 is 44.9 Å². The van der Waals surface area contributed by atoms with Crippen LogP contribution in [0.3, 0.4) is 0 Å². The molecule has 1 aliphatic carbocycles. The lowest BCUT2D eigenvalue weighted by molar-refractivity contribution is -0.404. The van der Waals surface area contributed by atoms with E-state index in [0.717, 1.165) is 41.6 Å². The Bertz CT molecular complexity index is 1150. The first-order valence-electron chi connectivity index (χ1n) is 10.3. The maximum atomic E-state index is 13.3. The summed E-state index contributed by atoms with van der Waals surface area (Å²) < 4.78 is 1.70. The number of hydrogen-bond donors (Lipinski definition) is 1. The molecular weight excluding hydrogens is 414 g/mol. The van der Waals surface area contributed by atoms with Gasteiger partial charge >= 0.3 is 10.7 Å². The number of carbonyl (C=O) groups is 1. The fourth-order valence-electron chi connectivity index (χ4n) is 3.84. The van der Waals surface area contributed by atoms with Gasteiger partial charge in [0.05, 0.1) is 5.75 Å². The number of benzene rings is 1. The maximum Gasteiger partial charge on any atom is 0.347 e. The molecule has 0 spiro atoms. The van der Waals surface area contributed by atoms with Crippen molar-refractivity contribution in [3.63, 3.8) is 0 Å².